The van der Waals surface area contributed by atoms with Crippen LogP contribution in [0.1, 0.15) is 2.74 Å². The molecule has 0 spiro atoms. The van der Waals surface area contributed by atoms with Crippen LogP contribution in [-0.2, 0) is 0 Å². The van der Waals surface area contributed by atoms with E-state index in [0.29, 0.717) is 7.57 Å². The summed E-state index contributed by atoms with van der Waals surface area (Å²) in [6, 6.07) is 0.513. The summed E-state index contributed by atoms with van der Waals surface area (Å²) < 4.78 is 15.8. The van der Waals surface area contributed by atoms with E-state index in [2.05, 4.69) is 31.9 Å². The monoisotopic (exact) mass is 242 g/mol. The van der Waals surface area contributed by atoms with Crippen LogP contribution in [0.25, 0.3) is 0 Å². The Morgan fingerprint density at radius 3 is 2.00 bits per heavy atom. The van der Waals surface area contributed by atoms with Gasteiger partial charge in [-0.2, -0.15) is 0 Å². The second kappa shape index (κ2) is 2.29. The van der Waals surface area contributed by atoms with Crippen LogP contribution in [-0.4, -0.2) is 0 Å². The molecule has 0 bridgehead atoms. The molecule has 0 fully saturated rings. The molecule has 0 aliphatic heterocycles. The van der Waals surface area contributed by atoms with E-state index in [1.807, 2.05) is 0 Å². The van der Waals surface area contributed by atoms with Gasteiger partial charge in [-0.3, -0.25) is 0 Å². The Morgan fingerprint density at radius 1 is 1.43 bits per heavy atom. The molecule has 1 rings (SSSR count). The summed E-state index contributed by atoms with van der Waals surface area (Å²) in [7, 11) is 0. The van der Waals surface area contributed by atoms with E-state index in [1.54, 1.807) is 0 Å². The molecule has 0 amide bonds. The molecule has 0 radical (unpaired) electrons. The fourth-order valence-electron chi connectivity index (χ4n) is 0.228. The van der Waals surface area contributed by atoms with Crippen molar-refractivity contribution in [2.24, 2.45) is 0 Å². The lowest BCUT2D eigenvalue weighted by Gasteiger charge is -1.67. The number of hydrogen-bond acceptors (Lipinski definition) is 1. The van der Waals surface area contributed by atoms with Gasteiger partial charge in [-0.1, -0.05) is 0 Å². The molecular weight excluding hydrogens is 240 g/mol. The molecule has 0 aliphatic rings. The Hall–Kier alpha value is 0.660. The molecule has 1 aromatic heterocycles. The highest BCUT2D eigenvalue weighted by atomic mass is 79.9. The topological polar surface area (TPSA) is 0 Å². The Bertz CT molecular complexity index is 210. The van der Waals surface area contributed by atoms with Gasteiger partial charge in [0.2, 0.25) is 0 Å². The van der Waals surface area contributed by atoms with E-state index < -0.39 is 0 Å². The summed E-state index contributed by atoms with van der Waals surface area (Å²) in [6.45, 7) is 0. The Balaban J connectivity index is 3.29. The third-order valence-electron chi connectivity index (χ3n) is 0.438. The van der Waals surface area contributed by atoms with Crippen LogP contribution in [0.15, 0.2) is 19.7 Å². The second-order valence-electron chi connectivity index (χ2n) is 0.899. The maximum absolute atomic E-state index is 7.21. The van der Waals surface area contributed by atoms with Crippen LogP contribution in [0.4, 0.5) is 0 Å². The average molecular weight is 244 g/mol. The molecule has 0 N–H and O–H groups in total. The van der Waals surface area contributed by atoms with Gasteiger partial charge in [0.05, 0.1) is 10.3 Å². The van der Waals surface area contributed by atoms with E-state index in [0.717, 1.165) is 0 Å². The summed E-state index contributed by atoms with van der Waals surface area (Å²) in [5, 5.41) is 0. The van der Waals surface area contributed by atoms with Gasteiger partial charge in [0.15, 0.2) is 0 Å². The number of hydrogen-bond donors (Lipinski definition) is 0. The quantitative estimate of drug-likeness (QED) is 0.656. The molecule has 3 heteroatoms. The van der Waals surface area contributed by atoms with Crippen molar-refractivity contribution in [3.8, 4) is 0 Å². The van der Waals surface area contributed by atoms with Crippen molar-refractivity contribution in [1.82, 2.24) is 0 Å². The Morgan fingerprint density at radius 2 is 1.86 bits per heavy atom. The van der Waals surface area contributed by atoms with E-state index in [-0.39, 0.29) is 12.1 Å². The molecule has 0 saturated carbocycles. The van der Waals surface area contributed by atoms with E-state index >= 15 is 0 Å². The van der Waals surface area contributed by atoms with Crippen molar-refractivity contribution in [2.45, 2.75) is 0 Å². The molecule has 0 aromatic carbocycles. The lowest BCUT2D eigenvalue weighted by molar-refractivity contribution is 1.93. The van der Waals surface area contributed by atoms with Crippen molar-refractivity contribution in [2.75, 3.05) is 0 Å². The van der Waals surface area contributed by atoms with E-state index in [9.17, 15) is 0 Å². The standard InChI is InChI=1S/C4H2Br2S/c5-3-1-2-4(6)7-3/h1-2H/i1D,2D. The first kappa shape index (κ1) is 3.64. The van der Waals surface area contributed by atoms with Crippen molar-refractivity contribution in [3.05, 3.63) is 19.7 Å². The SMILES string of the molecule is [2H]c1c(Br)sc(Br)c1[2H]. The largest absolute Gasteiger partial charge is 0.121 e. The van der Waals surface area contributed by atoms with Gasteiger partial charge < -0.3 is 0 Å². The van der Waals surface area contributed by atoms with Gasteiger partial charge in [-0.15, -0.1) is 11.3 Å². The van der Waals surface area contributed by atoms with Gasteiger partial charge in [0.25, 0.3) is 0 Å². The van der Waals surface area contributed by atoms with Crippen LogP contribution in [0.2, 0.25) is 0 Å². The highest BCUT2D eigenvalue weighted by Crippen LogP contribution is 2.25. The van der Waals surface area contributed by atoms with Gasteiger partial charge in [-0.05, 0) is 43.9 Å². The zero-order valence-electron chi connectivity index (χ0n) is 5.16. The first-order valence-corrected chi connectivity index (χ1v) is 3.94. The molecule has 0 atom stereocenters. The van der Waals surface area contributed by atoms with Crippen LogP contribution in [0.5, 0.6) is 0 Å². The van der Waals surface area contributed by atoms with E-state index in [1.165, 1.54) is 11.3 Å². The number of halogens is 2. The molecule has 38 valence electrons. The van der Waals surface area contributed by atoms with Crippen LogP contribution in [0, 0.1) is 0 Å². The van der Waals surface area contributed by atoms with Crippen molar-refractivity contribution in [3.63, 3.8) is 0 Å². The van der Waals surface area contributed by atoms with Crippen LogP contribution in [0.3, 0.4) is 0 Å². The minimum Gasteiger partial charge on any atom is -0.121 e. The van der Waals surface area contributed by atoms with Crippen molar-refractivity contribution in [1.29, 1.82) is 0 Å². The minimum absolute atomic E-state index is 0.256. The van der Waals surface area contributed by atoms with Gasteiger partial charge in [0, 0.05) is 0 Å². The maximum atomic E-state index is 7.21. The highest BCUT2D eigenvalue weighted by molar-refractivity contribution is 9.12. The predicted octanol–water partition coefficient (Wildman–Crippen LogP) is 3.27. The Kier molecular flexibility index (Phi) is 1.19. The second-order valence-corrected chi connectivity index (χ2v) is 4.56. The molecular formula is C4H2Br2S. The zero-order chi connectivity index (χ0) is 7.02. The lowest BCUT2D eigenvalue weighted by atomic mass is 10.7. The summed E-state index contributed by atoms with van der Waals surface area (Å²) in [5.74, 6) is 0. The summed E-state index contributed by atoms with van der Waals surface area (Å²) in [6.07, 6.45) is 0. The first-order valence-electron chi connectivity index (χ1n) is 2.54. The van der Waals surface area contributed by atoms with Gasteiger partial charge in [0.1, 0.15) is 0 Å². The highest BCUT2D eigenvalue weighted by Gasteiger charge is 1.88. The summed E-state index contributed by atoms with van der Waals surface area (Å²) >= 11 is 7.65. The smallest absolute Gasteiger partial charge is 0.0710 e. The molecule has 0 saturated heterocycles. The lowest BCUT2D eigenvalue weighted by Crippen LogP contribution is -1.30. The van der Waals surface area contributed by atoms with Gasteiger partial charge in [-0.25, -0.2) is 0 Å². The van der Waals surface area contributed by atoms with Gasteiger partial charge >= 0.3 is 0 Å². The van der Waals surface area contributed by atoms with Crippen molar-refractivity contribution < 1.29 is 2.74 Å². The van der Waals surface area contributed by atoms with Crippen molar-refractivity contribution >= 4 is 43.2 Å². The number of rotatable bonds is 0. The third kappa shape index (κ3) is 1.55. The summed E-state index contributed by atoms with van der Waals surface area (Å²) in [4.78, 5) is 0. The maximum Gasteiger partial charge on any atom is 0.0710 e. The zero-order valence-corrected chi connectivity index (χ0v) is 7.15. The minimum atomic E-state index is 0.256. The van der Waals surface area contributed by atoms with Crippen LogP contribution < -0.4 is 0 Å². The first-order chi connectivity index (χ1) is 4.13. The molecule has 1 aromatic rings. The third-order valence-corrected chi connectivity index (χ3v) is 2.37. The molecule has 0 unspecified atom stereocenters. The fraction of sp³-hybridized carbons (Fsp3) is 0. The van der Waals surface area contributed by atoms with E-state index in [4.69, 9.17) is 2.74 Å². The molecule has 1 heterocycles. The average Bonchev–Trinajstić information content (AvgIpc) is 1.98. The predicted molar refractivity (Wildman–Crippen MR) is 39.7 cm³/mol. The summed E-state index contributed by atoms with van der Waals surface area (Å²) in [5.41, 5.74) is 0. The normalized spacial score (nSPS) is 13.4. The number of thiophene rings is 1. The molecule has 0 aliphatic carbocycles. The fourth-order valence-corrected chi connectivity index (χ4v) is 2.41. The molecule has 0 nitrogen and oxygen atoms in total. The van der Waals surface area contributed by atoms with Crippen LogP contribution >= 0.6 is 43.2 Å². The Labute approximate surface area is 65.6 Å². The molecule has 7 heavy (non-hydrogen) atoms.